The number of cyclic esters (lactones) is 2. The van der Waals surface area contributed by atoms with E-state index in [1.807, 2.05) is 18.4 Å². The fourth-order valence-electron chi connectivity index (χ4n) is 1.82. The van der Waals surface area contributed by atoms with Gasteiger partial charge in [0, 0.05) is 4.88 Å². The largest absolute Gasteiger partial charge is 0.386 e. The molecule has 0 saturated heterocycles. The molecule has 0 spiro atoms. The molecule has 2 aromatic rings. The zero-order valence-corrected chi connectivity index (χ0v) is 9.84. The van der Waals surface area contributed by atoms with Crippen molar-refractivity contribution in [2.45, 2.75) is 6.92 Å². The second-order valence-corrected chi connectivity index (χ2v) is 4.84. The molecule has 84 valence electrons. The summed E-state index contributed by atoms with van der Waals surface area (Å²) in [5.74, 6) is -1.11. The van der Waals surface area contributed by atoms with Crippen molar-refractivity contribution in [1.82, 2.24) is 0 Å². The molecule has 0 radical (unpaired) electrons. The lowest BCUT2D eigenvalue weighted by molar-refractivity contribution is 0.0444. The first-order valence-electron chi connectivity index (χ1n) is 5.11. The Morgan fingerprint density at radius 3 is 2.53 bits per heavy atom. The highest BCUT2D eigenvalue weighted by Gasteiger charge is 2.29. The minimum Gasteiger partial charge on any atom is -0.386 e. The first-order valence-corrected chi connectivity index (χ1v) is 5.99. The van der Waals surface area contributed by atoms with Gasteiger partial charge in [0.1, 0.15) is 0 Å². The lowest BCUT2D eigenvalue weighted by Crippen LogP contribution is -1.96. The van der Waals surface area contributed by atoms with E-state index in [0.717, 1.165) is 10.4 Å². The van der Waals surface area contributed by atoms with Crippen molar-refractivity contribution in [1.29, 1.82) is 0 Å². The number of hydrogen-bond acceptors (Lipinski definition) is 4. The maximum Gasteiger partial charge on any atom is 0.346 e. The van der Waals surface area contributed by atoms with E-state index in [1.54, 1.807) is 23.5 Å². The van der Waals surface area contributed by atoms with Crippen molar-refractivity contribution in [3.05, 3.63) is 46.3 Å². The fourth-order valence-corrected chi connectivity index (χ4v) is 2.72. The zero-order valence-electron chi connectivity index (χ0n) is 9.02. The van der Waals surface area contributed by atoms with Gasteiger partial charge in [0.15, 0.2) is 0 Å². The smallest absolute Gasteiger partial charge is 0.346 e. The van der Waals surface area contributed by atoms with Crippen LogP contribution in [0.1, 0.15) is 26.3 Å². The molecule has 0 fully saturated rings. The number of fused-ring (bicyclic) bond motifs is 1. The van der Waals surface area contributed by atoms with Gasteiger partial charge >= 0.3 is 11.9 Å². The molecule has 2 heterocycles. The van der Waals surface area contributed by atoms with E-state index in [4.69, 9.17) is 0 Å². The molecule has 4 heteroatoms. The highest BCUT2D eigenvalue weighted by Crippen LogP contribution is 2.30. The molecule has 17 heavy (non-hydrogen) atoms. The lowest BCUT2D eigenvalue weighted by Gasteiger charge is -1.98. The molecule has 0 atom stereocenters. The number of carbonyl (C=O) groups excluding carboxylic acids is 2. The molecule has 3 nitrogen and oxygen atoms in total. The predicted octanol–water partition coefficient (Wildman–Crippen LogP) is 3.03. The van der Waals surface area contributed by atoms with Crippen molar-refractivity contribution < 1.29 is 14.3 Å². The summed E-state index contributed by atoms with van der Waals surface area (Å²) in [7, 11) is 0. The van der Waals surface area contributed by atoms with E-state index in [0.29, 0.717) is 11.1 Å². The fraction of sp³-hybridized carbons (Fsp3) is 0.0769. The van der Waals surface area contributed by atoms with Crippen LogP contribution in [-0.4, -0.2) is 11.9 Å². The average Bonchev–Trinajstić information content (AvgIpc) is 2.85. The van der Waals surface area contributed by atoms with Gasteiger partial charge in [-0.1, -0.05) is 6.07 Å². The average molecular weight is 244 g/mol. The van der Waals surface area contributed by atoms with Gasteiger partial charge in [-0.3, -0.25) is 0 Å². The molecule has 1 aromatic carbocycles. The van der Waals surface area contributed by atoms with Crippen LogP contribution >= 0.6 is 11.3 Å². The quantitative estimate of drug-likeness (QED) is 0.572. The Hall–Kier alpha value is -1.94. The van der Waals surface area contributed by atoms with E-state index in [2.05, 4.69) is 10.8 Å². The molecular weight excluding hydrogens is 236 g/mol. The van der Waals surface area contributed by atoms with Crippen molar-refractivity contribution in [2.75, 3.05) is 0 Å². The molecule has 0 saturated carbocycles. The summed E-state index contributed by atoms with van der Waals surface area (Å²) in [5, 5.41) is 2.05. The molecule has 0 N–H and O–H groups in total. The molecule has 1 aliphatic heterocycles. The summed E-state index contributed by atoms with van der Waals surface area (Å²) < 4.78 is 4.55. The first-order chi connectivity index (χ1) is 8.15. The monoisotopic (exact) mass is 244 g/mol. The first kappa shape index (κ1) is 10.2. The number of ether oxygens (including phenoxy) is 1. The number of aryl methyl sites for hydroxylation is 1. The van der Waals surface area contributed by atoms with E-state index >= 15 is 0 Å². The third-order valence-corrected chi connectivity index (χ3v) is 3.76. The van der Waals surface area contributed by atoms with Crippen LogP contribution in [0.25, 0.3) is 10.4 Å². The van der Waals surface area contributed by atoms with E-state index in [9.17, 15) is 9.59 Å². The normalized spacial score (nSPS) is 13.7. The summed E-state index contributed by atoms with van der Waals surface area (Å²) in [6.07, 6.45) is 0. The third-order valence-electron chi connectivity index (χ3n) is 2.66. The van der Waals surface area contributed by atoms with Gasteiger partial charge in [-0.05, 0) is 41.6 Å². The van der Waals surface area contributed by atoms with Crippen molar-refractivity contribution in [2.24, 2.45) is 0 Å². The van der Waals surface area contributed by atoms with E-state index in [1.165, 1.54) is 5.56 Å². The Balaban J connectivity index is 2.14. The second kappa shape index (κ2) is 3.53. The van der Waals surface area contributed by atoms with Crippen LogP contribution in [0.2, 0.25) is 0 Å². The van der Waals surface area contributed by atoms with Crippen molar-refractivity contribution >= 4 is 23.3 Å². The Morgan fingerprint density at radius 2 is 1.82 bits per heavy atom. The predicted molar refractivity (Wildman–Crippen MR) is 64.2 cm³/mol. The maximum atomic E-state index is 11.4. The minimum atomic E-state index is -0.557. The lowest BCUT2D eigenvalue weighted by atomic mass is 10.0. The van der Waals surface area contributed by atoms with Crippen LogP contribution in [-0.2, 0) is 4.74 Å². The number of benzene rings is 1. The minimum absolute atomic E-state index is 0.354. The van der Waals surface area contributed by atoms with Crippen LogP contribution < -0.4 is 0 Å². The van der Waals surface area contributed by atoms with Crippen LogP contribution in [0.4, 0.5) is 0 Å². The van der Waals surface area contributed by atoms with Gasteiger partial charge in [-0.2, -0.15) is 0 Å². The summed E-state index contributed by atoms with van der Waals surface area (Å²) >= 11 is 1.61. The second-order valence-electron chi connectivity index (χ2n) is 3.93. The van der Waals surface area contributed by atoms with Gasteiger partial charge in [-0.25, -0.2) is 9.59 Å². The molecule has 1 aliphatic rings. The van der Waals surface area contributed by atoms with Gasteiger partial charge < -0.3 is 4.74 Å². The zero-order chi connectivity index (χ0) is 12.0. The van der Waals surface area contributed by atoms with Crippen LogP contribution in [0.15, 0.2) is 29.6 Å². The Bertz CT molecular complexity index is 640. The highest BCUT2D eigenvalue weighted by atomic mass is 32.1. The number of hydrogen-bond donors (Lipinski definition) is 0. The molecule has 0 unspecified atom stereocenters. The Kier molecular flexibility index (Phi) is 2.12. The van der Waals surface area contributed by atoms with E-state index in [-0.39, 0.29) is 0 Å². The number of thiophene rings is 1. The Morgan fingerprint density at radius 1 is 1.06 bits per heavy atom. The number of rotatable bonds is 1. The molecule has 1 aromatic heterocycles. The highest BCUT2D eigenvalue weighted by molar-refractivity contribution is 7.13. The molecule has 0 bridgehead atoms. The molecular formula is C13H8O3S. The molecule has 0 amide bonds. The van der Waals surface area contributed by atoms with Gasteiger partial charge in [0.2, 0.25) is 0 Å². The molecule has 0 aliphatic carbocycles. The van der Waals surface area contributed by atoms with Gasteiger partial charge in [0.05, 0.1) is 11.1 Å². The Labute approximate surface area is 102 Å². The summed E-state index contributed by atoms with van der Waals surface area (Å²) in [6.45, 7) is 2.02. The molecule has 3 rings (SSSR count). The third kappa shape index (κ3) is 1.57. The topological polar surface area (TPSA) is 43.4 Å². The number of carbonyl (C=O) groups is 2. The van der Waals surface area contributed by atoms with Crippen LogP contribution in [0.3, 0.4) is 0 Å². The standard InChI is InChI=1S/C13H8O3S/c1-7-4-11(17-6-7)8-2-3-9-10(5-8)13(15)16-12(9)14/h2-6H,1H3. The van der Waals surface area contributed by atoms with Crippen molar-refractivity contribution in [3.63, 3.8) is 0 Å². The van der Waals surface area contributed by atoms with Gasteiger partial charge in [-0.15, -0.1) is 11.3 Å². The van der Waals surface area contributed by atoms with E-state index < -0.39 is 11.9 Å². The van der Waals surface area contributed by atoms with Crippen molar-refractivity contribution in [3.8, 4) is 10.4 Å². The number of esters is 2. The summed E-state index contributed by atoms with van der Waals surface area (Å²) in [6, 6.07) is 7.25. The SMILES string of the molecule is Cc1csc(-c2ccc3c(c2)C(=O)OC3=O)c1. The van der Waals surface area contributed by atoms with Gasteiger partial charge in [0.25, 0.3) is 0 Å². The summed E-state index contributed by atoms with van der Waals surface area (Å²) in [4.78, 5) is 23.8. The van der Waals surface area contributed by atoms with Crippen LogP contribution in [0, 0.1) is 6.92 Å². The maximum absolute atomic E-state index is 11.4. The summed E-state index contributed by atoms with van der Waals surface area (Å²) in [5.41, 5.74) is 2.84. The van der Waals surface area contributed by atoms with Crippen LogP contribution in [0.5, 0.6) is 0 Å².